The molecule has 9 heteroatoms. The largest absolute Gasteiger partial charge is 0.328 e. The number of carbonyl (C=O) groups is 2. The van der Waals surface area contributed by atoms with E-state index < -0.39 is 32.2 Å². The fraction of sp³-hybridized carbons (Fsp3) is 0.333. The lowest BCUT2D eigenvalue weighted by Gasteiger charge is -2.48. The second-order valence-corrected chi connectivity index (χ2v) is 9.38. The van der Waals surface area contributed by atoms with Crippen molar-refractivity contribution in [2.24, 2.45) is 0 Å². The standard InChI is InChI=1S/C18H19FN2O4S2/c1-12-5-6-14(19)15(10-12)27(24,25)20-17(23)18(2)7-8-21(18)16(22)11-13-4-3-9-26-13/h3-6,9-10H,7-8,11H2,1-2H3,(H,20,23). The van der Waals surface area contributed by atoms with Crippen LogP contribution in [0.25, 0.3) is 0 Å². The van der Waals surface area contributed by atoms with Crippen LogP contribution >= 0.6 is 11.3 Å². The highest BCUT2D eigenvalue weighted by Crippen LogP contribution is 2.32. The van der Waals surface area contributed by atoms with Gasteiger partial charge in [0.15, 0.2) is 0 Å². The Bertz CT molecular complexity index is 989. The fourth-order valence-corrected chi connectivity index (χ4v) is 4.89. The quantitative estimate of drug-likeness (QED) is 0.819. The molecule has 1 N–H and O–H groups in total. The smallest absolute Gasteiger partial charge is 0.267 e. The maximum absolute atomic E-state index is 13.9. The van der Waals surface area contributed by atoms with Crippen molar-refractivity contribution in [1.82, 2.24) is 9.62 Å². The minimum atomic E-state index is -4.38. The summed E-state index contributed by atoms with van der Waals surface area (Å²) in [6.45, 7) is 3.51. The van der Waals surface area contributed by atoms with E-state index in [4.69, 9.17) is 0 Å². The Balaban J connectivity index is 1.76. The van der Waals surface area contributed by atoms with Crippen molar-refractivity contribution in [3.8, 4) is 0 Å². The molecule has 0 bridgehead atoms. The van der Waals surface area contributed by atoms with Crippen LogP contribution < -0.4 is 4.72 Å². The van der Waals surface area contributed by atoms with Gasteiger partial charge in [-0.2, -0.15) is 0 Å². The summed E-state index contributed by atoms with van der Waals surface area (Å²) in [5, 5.41) is 1.85. The molecule has 0 spiro atoms. The third kappa shape index (κ3) is 3.74. The van der Waals surface area contributed by atoms with Crippen molar-refractivity contribution in [2.75, 3.05) is 6.54 Å². The molecule has 1 aliphatic heterocycles. The topological polar surface area (TPSA) is 83.6 Å². The van der Waals surface area contributed by atoms with E-state index in [0.717, 1.165) is 17.0 Å². The van der Waals surface area contributed by atoms with E-state index in [-0.39, 0.29) is 12.3 Å². The van der Waals surface area contributed by atoms with Gasteiger partial charge in [0.1, 0.15) is 16.3 Å². The number of hydrogen-bond acceptors (Lipinski definition) is 5. The van der Waals surface area contributed by atoms with Crippen molar-refractivity contribution < 1.29 is 22.4 Å². The summed E-state index contributed by atoms with van der Waals surface area (Å²) < 4.78 is 40.8. The van der Waals surface area contributed by atoms with Crippen LogP contribution in [0.1, 0.15) is 23.8 Å². The average molecular weight is 410 g/mol. The summed E-state index contributed by atoms with van der Waals surface area (Å²) in [7, 11) is -4.38. The highest BCUT2D eigenvalue weighted by molar-refractivity contribution is 7.90. The van der Waals surface area contributed by atoms with Gasteiger partial charge in [-0.1, -0.05) is 12.1 Å². The van der Waals surface area contributed by atoms with Gasteiger partial charge in [-0.15, -0.1) is 11.3 Å². The molecule has 1 saturated heterocycles. The number of thiophene rings is 1. The molecule has 1 aromatic carbocycles. The Kier molecular flexibility index (Phi) is 5.09. The van der Waals surface area contributed by atoms with E-state index in [1.807, 2.05) is 22.2 Å². The van der Waals surface area contributed by atoms with E-state index in [1.54, 1.807) is 6.92 Å². The molecule has 1 aromatic heterocycles. The summed E-state index contributed by atoms with van der Waals surface area (Å²) in [5.74, 6) is -2.03. The summed E-state index contributed by atoms with van der Waals surface area (Å²) in [4.78, 5) is 26.8. The first-order valence-corrected chi connectivity index (χ1v) is 10.7. The van der Waals surface area contributed by atoms with Crippen LogP contribution in [0, 0.1) is 12.7 Å². The van der Waals surface area contributed by atoms with Crippen LogP contribution in [-0.2, 0) is 26.0 Å². The Morgan fingerprint density at radius 2 is 2.07 bits per heavy atom. The van der Waals surface area contributed by atoms with Gasteiger partial charge >= 0.3 is 0 Å². The monoisotopic (exact) mass is 410 g/mol. The molecule has 6 nitrogen and oxygen atoms in total. The number of aryl methyl sites for hydroxylation is 1. The van der Waals surface area contributed by atoms with Gasteiger partial charge in [-0.05, 0) is 49.4 Å². The number of hydrogen-bond donors (Lipinski definition) is 1. The van der Waals surface area contributed by atoms with Crippen molar-refractivity contribution in [3.63, 3.8) is 0 Å². The van der Waals surface area contributed by atoms with Crippen LogP contribution in [0.15, 0.2) is 40.6 Å². The lowest BCUT2D eigenvalue weighted by atomic mass is 9.85. The number of sulfonamides is 1. The number of benzene rings is 1. The maximum atomic E-state index is 13.9. The molecule has 0 saturated carbocycles. The van der Waals surface area contributed by atoms with Crippen molar-refractivity contribution in [1.29, 1.82) is 0 Å². The molecular weight excluding hydrogens is 391 g/mol. The predicted molar refractivity (Wildman–Crippen MR) is 99.2 cm³/mol. The van der Waals surface area contributed by atoms with E-state index in [0.29, 0.717) is 18.5 Å². The van der Waals surface area contributed by atoms with Crippen molar-refractivity contribution >= 4 is 33.2 Å². The number of nitrogens with zero attached hydrogens (tertiary/aromatic N) is 1. The molecule has 2 amide bonds. The minimum absolute atomic E-state index is 0.153. The lowest BCUT2D eigenvalue weighted by molar-refractivity contribution is -0.156. The van der Waals surface area contributed by atoms with E-state index in [1.165, 1.54) is 29.2 Å². The van der Waals surface area contributed by atoms with E-state index in [2.05, 4.69) is 0 Å². The average Bonchev–Trinajstić information content (AvgIpc) is 3.07. The summed E-state index contributed by atoms with van der Waals surface area (Å²) in [5.41, 5.74) is -0.728. The zero-order valence-corrected chi connectivity index (χ0v) is 16.5. The van der Waals surface area contributed by atoms with E-state index >= 15 is 0 Å². The molecule has 1 unspecified atom stereocenters. The van der Waals surface area contributed by atoms with Gasteiger partial charge in [0.05, 0.1) is 6.42 Å². The predicted octanol–water partition coefficient (Wildman–Crippen LogP) is 2.23. The molecular formula is C18H19FN2O4S2. The number of likely N-dealkylation sites (tertiary alicyclic amines) is 1. The summed E-state index contributed by atoms with van der Waals surface area (Å²) in [6, 6.07) is 7.29. The van der Waals surface area contributed by atoms with Crippen molar-refractivity contribution in [2.45, 2.75) is 37.1 Å². The third-order valence-corrected chi connectivity index (χ3v) is 6.94. The Morgan fingerprint density at radius 3 is 2.67 bits per heavy atom. The Labute approximate surface area is 161 Å². The minimum Gasteiger partial charge on any atom is -0.328 e. The first kappa shape index (κ1) is 19.5. The van der Waals surface area contributed by atoms with Crippen LogP contribution in [0.2, 0.25) is 0 Å². The number of rotatable bonds is 5. The van der Waals surface area contributed by atoms with Crippen LogP contribution in [-0.4, -0.2) is 37.2 Å². The second-order valence-electron chi connectivity index (χ2n) is 6.69. The zero-order chi connectivity index (χ0) is 19.8. The molecule has 3 rings (SSSR count). The van der Waals surface area contributed by atoms with Gasteiger partial charge in [-0.25, -0.2) is 17.5 Å². The molecule has 27 heavy (non-hydrogen) atoms. The SMILES string of the molecule is Cc1ccc(F)c(S(=O)(=O)NC(=O)C2(C)CCN2C(=O)Cc2cccs2)c1. The van der Waals surface area contributed by atoms with Crippen LogP contribution in [0.5, 0.6) is 0 Å². The number of amides is 2. The third-order valence-electron chi connectivity index (χ3n) is 4.72. The number of carbonyl (C=O) groups excluding carboxylic acids is 2. The van der Waals surface area contributed by atoms with Crippen molar-refractivity contribution in [3.05, 3.63) is 52.0 Å². The summed E-state index contributed by atoms with van der Waals surface area (Å²) in [6.07, 6.45) is 0.487. The molecule has 2 heterocycles. The molecule has 1 aliphatic rings. The second kappa shape index (κ2) is 7.05. The first-order valence-electron chi connectivity index (χ1n) is 8.30. The molecule has 144 valence electrons. The zero-order valence-electron chi connectivity index (χ0n) is 14.9. The van der Waals surface area contributed by atoms with Gasteiger partial charge in [0.2, 0.25) is 5.91 Å². The molecule has 0 aliphatic carbocycles. The van der Waals surface area contributed by atoms with Gasteiger partial charge in [-0.3, -0.25) is 9.59 Å². The highest BCUT2D eigenvalue weighted by atomic mass is 32.2. The fourth-order valence-electron chi connectivity index (χ4n) is 2.96. The number of halogens is 1. The van der Waals surface area contributed by atoms with Crippen LogP contribution in [0.4, 0.5) is 4.39 Å². The highest BCUT2D eigenvalue weighted by Gasteiger charge is 2.50. The molecule has 1 atom stereocenters. The Morgan fingerprint density at radius 1 is 1.33 bits per heavy atom. The Hall–Kier alpha value is -2.26. The number of nitrogens with one attached hydrogen (secondary N) is 1. The normalized spacial score (nSPS) is 19.4. The molecule has 1 fully saturated rings. The van der Waals surface area contributed by atoms with E-state index in [9.17, 15) is 22.4 Å². The summed E-state index contributed by atoms with van der Waals surface area (Å²) >= 11 is 1.44. The first-order chi connectivity index (χ1) is 12.6. The lowest BCUT2D eigenvalue weighted by Crippen LogP contribution is -2.68. The van der Waals surface area contributed by atoms with Crippen LogP contribution in [0.3, 0.4) is 0 Å². The molecule has 0 radical (unpaired) electrons. The molecule has 2 aromatic rings. The van der Waals surface area contributed by atoms with Gasteiger partial charge in [0, 0.05) is 11.4 Å². The maximum Gasteiger partial charge on any atom is 0.267 e. The van der Waals surface area contributed by atoms with Gasteiger partial charge in [0.25, 0.3) is 15.9 Å². The van der Waals surface area contributed by atoms with Gasteiger partial charge < -0.3 is 4.90 Å².